The van der Waals surface area contributed by atoms with Crippen LogP contribution in [0.3, 0.4) is 0 Å². The average molecular weight is 401 g/mol. The molecule has 1 rings (SSSR count). The maximum Gasteiger partial charge on any atom is 0.114 e. The molecule has 4 atom stereocenters. The van der Waals surface area contributed by atoms with E-state index in [4.69, 9.17) is 9.47 Å². The highest BCUT2D eigenvalue weighted by atomic mass is 16.6. The second-order valence-electron chi connectivity index (χ2n) is 8.06. The average Bonchev–Trinajstić information content (AvgIpc) is 3.03. The van der Waals surface area contributed by atoms with Crippen LogP contribution in [0.25, 0.3) is 0 Å². The Morgan fingerprint density at radius 3 is 1.96 bits per heavy atom. The van der Waals surface area contributed by atoms with Gasteiger partial charge in [-0.1, -0.05) is 89.7 Å². The molecule has 5 nitrogen and oxygen atoms in total. The molecule has 0 aliphatic carbocycles. The van der Waals surface area contributed by atoms with Gasteiger partial charge >= 0.3 is 0 Å². The standard InChI is InChI=1S/C23H44O5/c1-2-3-4-5-6-7-8-9-10-11-12-13-14-15-16-17-27-21(18-24)23-22(26)20(25)19-28-23/h15-16,20-26H,2-14,17-19H2,1H3/b16-15+/t20-,21+,22-,23-/m0/s1. The number of ether oxygens (including phenoxy) is 2. The topological polar surface area (TPSA) is 79.2 Å². The molecule has 5 heteroatoms. The number of hydrogen-bond donors (Lipinski definition) is 3. The minimum absolute atomic E-state index is 0.0838. The molecule has 3 N–H and O–H groups in total. The summed E-state index contributed by atoms with van der Waals surface area (Å²) >= 11 is 0. The molecule has 0 unspecified atom stereocenters. The van der Waals surface area contributed by atoms with Crippen molar-refractivity contribution in [2.24, 2.45) is 0 Å². The number of hydrogen-bond acceptors (Lipinski definition) is 5. The van der Waals surface area contributed by atoms with E-state index in [1.165, 1.54) is 77.0 Å². The molecule has 1 aliphatic heterocycles. The van der Waals surface area contributed by atoms with Gasteiger partial charge in [0.15, 0.2) is 0 Å². The van der Waals surface area contributed by atoms with Gasteiger partial charge in [0.25, 0.3) is 0 Å². The van der Waals surface area contributed by atoms with Gasteiger partial charge in [0, 0.05) is 0 Å². The summed E-state index contributed by atoms with van der Waals surface area (Å²) in [6, 6.07) is 0. The lowest BCUT2D eigenvalue weighted by Crippen LogP contribution is -2.42. The van der Waals surface area contributed by atoms with E-state index in [9.17, 15) is 15.3 Å². The van der Waals surface area contributed by atoms with Gasteiger partial charge in [-0.2, -0.15) is 0 Å². The number of unbranched alkanes of at least 4 members (excludes halogenated alkanes) is 12. The first-order valence-electron chi connectivity index (χ1n) is 11.6. The summed E-state index contributed by atoms with van der Waals surface area (Å²) in [5.41, 5.74) is 0. The van der Waals surface area contributed by atoms with E-state index >= 15 is 0 Å². The normalized spacial score (nSPS) is 23.6. The zero-order valence-electron chi connectivity index (χ0n) is 17.9. The Bertz CT molecular complexity index is 374. The minimum atomic E-state index is -0.998. The molecule has 0 aromatic carbocycles. The van der Waals surface area contributed by atoms with Crippen molar-refractivity contribution in [2.45, 2.75) is 115 Å². The van der Waals surface area contributed by atoms with Crippen LogP contribution in [-0.4, -0.2) is 59.6 Å². The van der Waals surface area contributed by atoms with Crippen molar-refractivity contribution in [1.29, 1.82) is 0 Å². The third kappa shape index (κ3) is 11.5. The zero-order chi connectivity index (χ0) is 20.5. The quantitative estimate of drug-likeness (QED) is 0.238. The molecule has 0 aromatic rings. The number of rotatable bonds is 18. The summed E-state index contributed by atoms with van der Waals surface area (Å²) in [5, 5.41) is 28.7. The summed E-state index contributed by atoms with van der Waals surface area (Å²) in [7, 11) is 0. The molecule has 0 spiro atoms. The van der Waals surface area contributed by atoms with E-state index in [0.29, 0.717) is 6.61 Å². The fraction of sp³-hybridized carbons (Fsp3) is 0.913. The lowest BCUT2D eigenvalue weighted by molar-refractivity contribution is -0.0942. The van der Waals surface area contributed by atoms with Crippen LogP contribution < -0.4 is 0 Å². The first-order chi connectivity index (χ1) is 13.7. The summed E-state index contributed by atoms with van der Waals surface area (Å²) in [6.07, 6.45) is 18.3. The maximum absolute atomic E-state index is 9.81. The van der Waals surface area contributed by atoms with Gasteiger partial charge in [0.2, 0.25) is 0 Å². The van der Waals surface area contributed by atoms with E-state index in [1.54, 1.807) is 0 Å². The fourth-order valence-corrected chi connectivity index (χ4v) is 3.67. The Labute approximate surface area is 172 Å². The molecule has 28 heavy (non-hydrogen) atoms. The third-order valence-electron chi connectivity index (χ3n) is 5.53. The van der Waals surface area contributed by atoms with E-state index < -0.39 is 24.4 Å². The van der Waals surface area contributed by atoms with E-state index in [0.717, 1.165) is 6.42 Å². The summed E-state index contributed by atoms with van der Waals surface area (Å²) in [5.74, 6) is 0. The molecule has 1 fully saturated rings. The SMILES string of the molecule is CCCCCCCCCCCCCC/C=C/CO[C@H](CO)[C@@H]1OC[C@H](O)[C@@H]1O. The van der Waals surface area contributed by atoms with Crippen molar-refractivity contribution in [3.63, 3.8) is 0 Å². The molecule has 0 aromatic heterocycles. The summed E-state index contributed by atoms with van der Waals surface area (Å²) in [4.78, 5) is 0. The largest absolute Gasteiger partial charge is 0.394 e. The number of aliphatic hydroxyl groups is 3. The van der Waals surface area contributed by atoms with Crippen LogP contribution in [0.5, 0.6) is 0 Å². The van der Waals surface area contributed by atoms with Crippen molar-refractivity contribution in [1.82, 2.24) is 0 Å². The lowest BCUT2D eigenvalue weighted by Gasteiger charge is -2.23. The molecule has 1 aliphatic rings. The summed E-state index contributed by atoms with van der Waals surface area (Å²) in [6.45, 7) is 2.50. The highest BCUT2D eigenvalue weighted by Crippen LogP contribution is 2.19. The van der Waals surface area contributed by atoms with E-state index in [-0.39, 0.29) is 13.2 Å². The predicted molar refractivity (Wildman–Crippen MR) is 113 cm³/mol. The van der Waals surface area contributed by atoms with Gasteiger partial charge < -0.3 is 24.8 Å². The van der Waals surface area contributed by atoms with Crippen molar-refractivity contribution < 1.29 is 24.8 Å². The third-order valence-corrected chi connectivity index (χ3v) is 5.53. The Balaban J connectivity index is 1.89. The van der Waals surface area contributed by atoms with Crippen molar-refractivity contribution in [2.75, 3.05) is 19.8 Å². The molecule has 0 saturated carbocycles. The first-order valence-corrected chi connectivity index (χ1v) is 11.6. The van der Waals surface area contributed by atoms with Crippen molar-refractivity contribution in [3.05, 3.63) is 12.2 Å². The van der Waals surface area contributed by atoms with Crippen LogP contribution in [0.2, 0.25) is 0 Å². The Kier molecular flexibility index (Phi) is 15.9. The van der Waals surface area contributed by atoms with Crippen LogP contribution in [0.4, 0.5) is 0 Å². The van der Waals surface area contributed by atoms with Gasteiger partial charge in [-0.15, -0.1) is 0 Å². The Hall–Kier alpha value is -0.460. The van der Waals surface area contributed by atoms with Gasteiger partial charge in [-0.05, 0) is 12.8 Å². The van der Waals surface area contributed by atoms with Crippen LogP contribution in [0.15, 0.2) is 12.2 Å². The first kappa shape index (κ1) is 25.6. The second-order valence-corrected chi connectivity index (χ2v) is 8.06. The van der Waals surface area contributed by atoms with Crippen molar-refractivity contribution in [3.8, 4) is 0 Å². The number of allylic oxidation sites excluding steroid dienone is 1. The Morgan fingerprint density at radius 1 is 0.893 bits per heavy atom. The summed E-state index contributed by atoms with van der Waals surface area (Å²) < 4.78 is 10.9. The van der Waals surface area contributed by atoms with Crippen LogP contribution in [0, 0.1) is 0 Å². The molecule has 0 amide bonds. The van der Waals surface area contributed by atoms with Gasteiger partial charge in [0.05, 0.1) is 19.8 Å². The fourth-order valence-electron chi connectivity index (χ4n) is 3.67. The number of aliphatic hydroxyl groups excluding tert-OH is 3. The predicted octanol–water partition coefficient (Wildman–Crippen LogP) is 4.13. The molecule has 166 valence electrons. The van der Waals surface area contributed by atoms with Gasteiger partial charge in [-0.3, -0.25) is 0 Å². The van der Waals surface area contributed by atoms with Crippen LogP contribution in [0.1, 0.15) is 90.4 Å². The molecular weight excluding hydrogens is 356 g/mol. The highest BCUT2D eigenvalue weighted by Gasteiger charge is 2.40. The zero-order valence-corrected chi connectivity index (χ0v) is 17.9. The van der Waals surface area contributed by atoms with Crippen LogP contribution in [-0.2, 0) is 9.47 Å². The molecule has 1 saturated heterocycles. The second kappa shape index (κ2) is 17.4. The highest BCUT2D eigenvalue weighted by molar-refractivity contribution is 4.89. The lowest BCUT2D eigenvalue weighted by atomic mass is 10.0. The molecule has 1 heterocycles. The van der Waals surface area contributed by atoms with Gasteiger partial charge in [-0.25, -0.2) is 0 Å². The van der Waals surface area contributed by atoms with Crippen LogP contribution >= 0.6 is 0 Å². The van der Waals surface area contributed by atoms with E-state index in [1.807, 2.05) is 6.08 Å². The van der Waals surface area contributed by atoms with Crippen molar-refractivity contribution >= 4 is 0 Å². The van der Waals surface area contributed by atoms with Gasteiger partial charge in [0.1, 0.15) is 24.4 Å². The minimum Gasteiger partial charge on any atom is -0.394 e. The monoisotopic (exact) mass is 400 g/mol. The maximum atomic E-state index is 9.81. The smallest absolute Gasteiger partial charge is 0.114 e. The molecule has 0 radical (unpaired) electrons. The Morgan fingerprint density at radius 2 is 1.46 bits per heavy atom. The molecule has 0 bridgehead atoms. The van der Waals surface area contributed by atoms with E-state index in [2.05, 4.69) is 13.0 Å². The molecular formula is C23H44O5.